The summed E-state index contributed by atoms with van der Waals surface area (Å²) in [5.41, 5.74) is -1.01. The number of nitrogens with zero attached hydrogens (tertiary/aromatic N) is 6. The predicted molar refractivity (Wildman–Crippen MR) is 132 cm³/mol. The fraction of sp³-hybridized carbons (Fsp3) is 0. The summed E-state index contributed by atoms with van der Waals surface area (Å²) >= 11 is 49.1. The molecule has 0 aliphatic heterocycles. The standard InChI is InChI=1S/C6Cl4N2.C6Cl3FN2.C6Cl2F2N2/c2*7-3-2(1-11)12-6(10)5(9)4(3)8;7-3-4(8)6(10)12-2(1-11)5(3)9. The summed E-state index contributed by atoms with van der Waals surface area (Å²) in [4.78, 5) is 9.72. The Labute approximate surface area is 245 Å². The summed E-state index contributed by atoms with van der Waals surface area (Å²) in [5, 5.41) is 23.3. The highest BCUT2D eigenvalue weighted by molar-refractivity contribution is 6.51. The summed E-state index contributed by atoms with van der Waals surface area (Å²) in [5.74, 6) is -3.26. The van der Waals surface area contributed by atoms with Crippen molar-refractivity contribution in [1.82, 2.24) is 15.0 Å². The number of hydrogen-bond acceptors (Lipinski definition) is 6. The zero-order valence-electron chi connectivity index (χ0n) is 16.2. The van der Waals surface area contributed by atoms with Crippen LogP contribution in [-0.2, 0) is 0 Å². The van der Waals surface area contributed by atoms with Crippen LogP contribution in [0.3, 0.4) is 0 Å². The normalized spacial score (nSPS) is 9.58. The third kappa shape index (κ3) is 7.66. The molecule has 0 saturated heterocycles. The summed E-state index contributed by atoms with van der Waals surface area (Å²) in [7, 11) is 0. The molecule has 0 amide bonds. The molecule has 3 aromatic rings. The molecule has 3 rings (SSSR count). The molecule has 0 N–H and O–H groups in total. The van der Waals surface area contributed by atoms with Crippen molar-refractivity contribution in [3.63, 3.8) is 0 Å². The van der Waals surface area contributed by atoms with Gasteiger partial charge in [0.1, 0.15) is 33.3 Å². The van der Waals surface area contributed by atoms with E-state index in [9.17, 15) is 13.2 Å². The van der Waals surface area contributed by atoms with E-state index in [-0.39, 0.29) is 46.7 Å². The number of rotatable bonds is 0. The van der Waals surface area contributed by atoms with Gasteiger partial charge in [0, 0.05) is 0 Å². The summed E-state index contributed by atoms with van der Waals surface area (Å²) in [6.07, 6.45) is 0. The van der Waals surface area contributed by atoms with E-state index in [1.54, 1.807) is 12.1 Å². The van der Waals surface area contributed by atoms with Crippen molar-refractivity contribution in [1.29, 1.82) is 15.8 Å². The zero-order valence-corrected chi connectivity index (χ0v) is 23.0. The number of hydrogen-bond donors (Lipinski definition) is 0. The third-order valence-electron chi connectivity index (χ3n) is 3.27. The van der Waals surface area contributed by atoms with Crippen molar-refractivity contribution in [2.75, 3.05) is 0 Å². The quantitative estimate of drug-likeness (QED) is 0.220. The summed E-state index contributed by atoms with van der Waals surface area (Å²) in [6.45, 7) is 0. The highest BCUT2D eigenvalue weighted by atomic mass is 35.5. The van der Waals surface area contributed by atoms with Crippen molar-refractivity contribution in [2.24, 2.45) is 0 Å². The Kier molecular flexibility index (Phi) is 12.9. The Balaban J connectivity index is 0.000000270. The van der Waals surface area contributed by atoms with Gasteiger partial charge in [0.25, 0.3) is 0 Å². The van der Waals surface area contributed by atoms with Crippen LogP contribution in [-0.4, -0.2) is 15.0 Å². The van der Waals surface area contributed by atoms with Gasteiger partial charge >= 0.3 is 0 Å². The lowest BCUT2D eigenvalue weighted by molar-refractivity contribution is 0.557. The third-order valence-corrected chi connectivity index (χ3v) is 7.03. The molecule has 0 unspecified atom stereocenters. The molecule has 0 bridgehead atoms. The lowest BCUT2D eigenvalue weighted by Gasteiger charge is -2.01. The fourth-order valence-corrected chi connectivity index (χ4v) is 3.28. The van der Waals surface area contributed by atoms with Gasteiger partial charge in [0.05, 0.1) is 25.1 Å². The fourth-order valence-electron chi connectivity index (χ4n) is 1.68. The van der Waals surface area contributed by atoms with Crippen molar-refractivity contribution < 1.29 is 13.2 Å². The average Bonchev–Trinajstić information content (AvgIpc) is 2.87. The lowest BCUT2D eigenvalue weighted by Crippen LogP contribution is -1.95. The van der Waals surface area contributed by atoms with Gasteiger partial charge in [-0.25, -0.2) is 19.3 Å². The van der Waals surface area contributed by atoms with E-state index >= 15 is 0 Å². The summed E-state index contributed by atoms with van der Waals surface area (Å²) < 4.78 is 38.0. The van der Waals surface area contributed by atoms with Crippen LogP contribution < -0.4 is 0 Å². The molecule has 6 nitrogen and oxygen atoms in total. The summed E-state index contributed by atoms with van der Waals surface area (Å²) in [6, 6.07) is 4.65. The van der Waals surface area contributed by atoms with E-state index in [1.807, 2.05) is 0 Å². The number of nitriles is 3. The average molecular weight is 676 g/mol. The van der Waals surface area contributed by atoms with Crippen molar-refractivity contribution in [3.05, 3.63) is 80.1 Å². The van der Waals surface area contributed by atoms with Crippen molar-refractivity contribution >= 4 is 104 Å². The first-order valence-electron chi connectivity index (χ1n) is 8.03. The van der Waals surface area contributed by atoms with Crippen LogP contribution in [0, 0.1) is 51.7 Å². The van der Waals surface area contributed by atoms with E-state index in [2.05, 4.69) is 15.0 Å². The molecule has 186 valence electrons. The van der Waals surface area contributed by atoms with Crippen LogP contribution in [0.1, 0.15) is 17.1 Å². The van der Waals surface area contributed by atoms with Crippen LogP contribution in [0.4, 0.5) is 13.2 Å². The molecule has 0 fully saturated rings. The smallest absolute Gasteiger partial charge is 0.222 e. The second-order valence-corrected chi connectivity index (χ2v) is 8.80. The first kappa shape index (κ1) is 32.3. The topological polar surface area (TPSA) is 110 Å². The highest BCUT2D eigenvalue weighted by Crippen LogP contribution is 2.35. The molecule has 0 spiro atoms. The van der Waals surface area contributed by atoms with E-state index < -0.39 is 33.5 Å². The molecule has 0 atom stereocenters. The molecule has 0 aliphatic rings. The molecular weight excluding hydrogens is 676 g/mol. The Morgan fingerprint density at radius 1 is 0.444 bits per heavy atom. The molecule has 0 saturated carbocycles. The minimum Gasteiger partial charge on any atom is -0.222 e. The van der Waals surface area contributed by atoms with E-state index in [1.165, 1.54) is 6.07 Å². The van der Waals surface area contributed by atoms with Crippen LogP contribution in [0.2, 0.25) is 45.3 Å². The van der Waals surface area contributed by atoms with Gasteiger partial charge < -0.3 is 0 Å². The minimum absolute atomic E-state index is 0.0218. The minimum atomic E-state index is -1.15. The Morgan fingerprint density at radius 2 is 0.806 bits per heavy atom. The largest absolute Gasteiger partial charge is 0.234 e. The van der Waals surface area contributed by atoms with Gasteiger partial charge in [0.15, 0.2) is 28.1 Å². The van der Waals surface area contributed by atoms with E-state index in [0.29, 0.717) is 0 Å². The molecule has 3 heterocycles. The number of aromatic nitrogens is 3. The maximum atomic E-state index is 12.8. The van der Waals surface area contributed by atoms with Crippen LogP contribution >= 0.6 is 104 Å². The van der Waals surface area contributed by atoms with Crippen LogP contribution in [0.5, 0.6) is 0 Å². The second kappa shape index (κ2) is 14.3. The van der Waals surface area contributed by atoms with Crippen molar-refractivity contribution in [2.45, 2.75) is 0 Å². The number of pyridine rings is 3. The maximum Gasteiger partial charge on any atom is 0.234 e. The highest BCUT2D eigenvalue weighted by Gasteiger charge is 2.17. The van der Waals surface area contributed by atoms with Gasteiger partial charge in [-0.2, -0.15) is 24.6 Å². The Bertz CT molecular complexity index is 1290. The van der Waals surface area contributed by atoms with Crippen molar-refractivity contribution in [3.8, 4) is 18.2 Å². The Morgan fingerprint density at radius 3 is 1.25 bits per heavy atom. The monoisotopic (exact) mass is 672 g/mol. The first-order valence-corrected chi connectivity index (χ1v) is 11.4. The van der Waals surface area contributed by atoms with Crippen LogP contribution in [0.25, 0.3) is 0 Å². The van der Waals surface area contributed by atoms with Gasteiger partial charge in [-0.05, 0) is 0 Å². The maximum absolute atomic E-state index is 12.8. The lowest BCUT2D eigenvalue weighted by atomic mass is 10.3. The molecule has 0 radical (unpaired) electrons. The molecule has 0 aliphatic carbocycles. The zero-order chi connectivity index (χ0) is 27.9. The van der Waals surface area contributed by atoms with E-state index in [0.717, 1.165) is 0 Å². The number of halogens is 12. The predicted octanol–water partition coefficient (Wildman–Crippen LogP) is 9.16. The molecule has 36 heavy (non-hydrogen) atoms. The second-order valence-electron chi connectivity index (χ2n) is 5.41. The van der Waals surface area contributed by atoms with Gasteiger partial charge in [-0.15, -0.1) is 0 Å². The molecule has 3 aromatic heterocycles. The van der Waals surface area contributed by atoms with Gasteiger partial charge in [0.2, 0.25) is 11.9 Å². The molecular formula is C18Cl9F3N6. The molecule has 18 heteroatoms. The van der Waals surface area contributed by atoms with Crippen LogP contribution in [0.15, 0.2) is 0 Å². The van der Waals surface area contributed by atoms with E-state index in [4.69, 9.17) is 120 Å². The first-order chi connectivity index (χ1) is 16.7. The molecule has 0 aromatic carbocycles. The van der Waals surface area contributed by atoms with Gasteiger partial charge in [-0.1, -0.05) is 104 Å². The SMILES string of the molecule is N#Cc1nc(Cl)c(Cl)c(Cl)c1Cl.N#Cc1nc(F)c(Cl)c(Cl)c1Cl.N#Cc1nc(F)c(Cl)c(Cl)c1F. The Hall–Kier alpha value is -1.68. The van der Waals surface area contributed by atoms with Gasteiger partial charge in [-0.3, -0.25) is 0 Å².